The number of anilines is 1. The number of esters is 1. The molecule has 8 nitrogen and oxygen atoms in total. The SMILES string of the molecule is CCOc1ccc(C(=O)OCC(=O)Nc2ccc(C)cc2Cl)cc1[N+](=O)[O-]. The van der Waals surface area contributed by atoms with Gasteiger partial charge in [0.25, 0.3) is 5.91 Å². The predicted molar refractivity (Wildman–Crippen MR) is 99.4 cm³/mol. The Morgan fingerprint density at radius 2 is 1.96 bits per heavy atom. The van der Waals surface area contributed by atoms with Crippen molar-refractivity contribution in [2.45, 2.75) is 13.8 Å². The van der Waals surface area contributed by atoms with E-state index in [0.29, 0.717) is 10.7 Å². The monoisotopic (exact) mass is 392 g/mol. The Balaban J connectivity index is 2.01. The molecule has 2 aromatic rings. The molecule has 0 atom stereocenters. The van der Waals surface area contributed by atoms with Gasteiger partial charge in [-0.1, -0.05) is 17.7 Å². The van der Waals surface area contributed by atoms with Crippen LogP contribution in [0, 0.1) is 17.0 Å². The van der Waals surface area contributed by atoms with Gasteiger partial charge in [-0.05, 0) is 43.7 Å². The maximum Gasteiger partial charge on any atom is 0.338 e. The van der Waals surface area contributed by atoms with E-state index >= 15 is 0 Å². The van der Waals surface area contributed by atoms with Crippen LogP contribution in [0.1, 0.15) is 22.8 Å². The number of nitro groups is 1. The number of carbonyl (C=O) groups is 2. The molecule has 2 rings (SSSR count). The van der Waals surface area contributed by atoms with Crippen molar-refractivity contribution in [3.8, 4) is 5.75 Å². The maximum atomic E-state index is 12.1. The van der Waals surface area contributed by atoms with Crippen LogP contribution in [0.4, 0.5) is 11.4 Å². The Bertz CT molecular complexity index is 884. The second-order valence-corrected chi connectivity index (χ2v) is 5.89. The smallest absolute Gasteiger partial charge is 0.338 e. The fraction of sp³-hybridized carbons (Fsp3) is 0.222. The van der Waals surface area contributed by atoms with Crippen molar-refractivity contribution in [1.29, 1.82) is 0 Å². The Hall–Kier alpha value is -3.13. The summed E-state index contributed by atoms with van der Waals surface area (Å²) in [4.78, 5) is 34.4. The van der Waals surface area contributed by atoms with Gasteiger partial charge in [0.05, 0.1) is 27.8 Å². The number of benzene rings is 2. The minimum atomic E-state index is -0.869. The lowest BCUT2D eigenvalue weighted by molar-refractivity contribution is -0.385. The summed E-state index contributed by atoms with van der Waals surface area (Å²) in [5, 5.41) is 14.0. The summed E-state index contributed by atoms with van der Waals surface area (Å²) in [7, 11) is 0. The summed E-state index contributed by atoms with van der Waals surface area (Å²) in [6.07, 6.45) is 0. The van der Waals surface area contributed by atoms with Crippen molar-refractivity contribution < 1.29 is 24.0 Å². The first kappa shape index (κ1) is 20.2. The van der Waals surface area contributed by atoms with E-state index in [9.17, 15) is 19.7 Å². The lowest BCUT2D eigenvalue weighted by Gasteiger charge is -2.09. The van der Waals surface area contributed by atoms with Crippen LogP contribution in [0.5, 0.6) is 5.75 Å². The quantitative estimate of drug-likeness (QED) is 0.436. The fourth-order valence-corrected chi connectivity index (χ4v) is 2.47. The van der Waals surface area contributed by atoms with E-state index in [1.165, 1.54) is 12.1 Å². The molecule has 1 amide bonds. The number of carbonyl (C=O) groups excluding carboxylic acids is 2. The molecule has 0 aliphatic heterocycles. The van der Waals surface area contributed by atoms with Crippen LogP contribution in [0.25, 0.3) is 0 Å². The highest BCUT2D eigenvalue weighted by molar-refractivity contribution is 6.33. The van der Waals surface area contributed by atoms with Gasteiger partial charge in [0.2, 0.25) is 0 Å². The van der Waals surface area contributed by atoms with Gasteiger partial charge in [0.15, 0.2) is 12.4 Å². The average molecular weight is 393 g/mol. The summed E-state index contributed by atoms with van der Waals surface area (Å²) < 4.78 is 10.0. The van der Waals surface area contributed by atoms with E-state index < -0.39 is 23.4 Å². The van der Waals surface area contributed by atoms with Crippen LogP contribution >= 0.6 is 11.6 Å². The Morgan fingerprint density at radius 3 is 2.59 bits per heavy atom. The van der Waals surface area contributed by atoms with Gasteiger partial charge in [-0.2, -0.15) is 0 Å². The molecule has 0 radical (unpaired) electrons. The second kappa shape index (κ2) is 9.00. The molecule has 0 aromatic heterocycles. The molecular formula is C18H17ClN2O6. The first-order chi connectivity index (χ1) is 12.8. The predicted octanol–water partition coefficient (Wildman–Crippen LogP) is 3.75. The molecule has 27 heavy (non-hydrogen) atoms. The number of aryl methyl sites for hydroxylation is 1. The third-order valence-electron chi connectivity index (χ3n) is 3.42. The third-order valence-corrected chi connectivity index (χ3v) is 3.74. The van der Waals surface area contributed by atoms with Crippen molar-refractivity contribution in [1.82, 2.24) is 0 Å². The van der Waals surface area contributed by atoms with Crippen molar-refractivity contribution in [2.24, 2.45) is 0 Å². The maximum absolute atomic E-state index is 12.1. The normalized spacial score (nSPS) is 10.2. The molecule has 0 saturated carbocycles. The molecule has 0 fully saturated rings. The number of rotatable bonds is 7. The molecule has 1 N–H and O–H groups in total. The highest BCUT2D eigenvalue weighted by Gasteiger charge is 2.20. The lowest BCUT2D eigenvalue weighted by Crippen LogP contribution is -2.21. The van der Waals surface area contributed by atoms with Crippen LogP contribution < -0.4 is 10.1 Å². The zero-order valence-corrected chi connectivity index (χ0v) is 15.4. The van der Waals surface area contributed by atoms with E-state index in [2.05, 4.69) is 5.32 Å². The standard InChI is InChI=1S/C18H17ClN2O6/c1-3-26-16-7-5-12(9-15(16)21(24)25)18(23)27-10-17(22)20-14-6-4-11(2)8-13(14)19/h4-9H,3,10H2,1-2H3,(H,20,22). The van der Waals surface area contributed by atoms with Gasteiger partial charge in [0, 0.05) is 6.07 Å². The van der Waals surface area contributed by atoms with Crippen molar-refractivity contribution in [3.05, 3.63) is 62.7 Å². The van der Waals surface area contributed by atoms with Crippen molar-refractivity contribution >= 4 is 34.9 Å². The molecule has 0 aliphatic carbocycles. The van der Waals surface area contributed by atoms with Crippen LogP contribution in [0.15, 0.2) is 36.4 Å². The molecule has 9 heteroatoms. The zero-order valence-electron chi connectivity index (χ0n) is 14.7. The minimum absolute atomic E-state index is 0.0470. The zero-order chi connectivity index (χ0) is 20.0. The molecule has 0 bridgehead atoms. The van der Waals surface area contributed by atoms with Crippen molar-refractivity contribution in [2.75, 3.05) is 18.5 Å². The van der Waals surface area contributed by atoms with Gasteiger partial charge in [-0.25, -0.2) is 4.79 Å². The third kappa shape index (κ3) is 5.42. The number of hydrogen-bond acceptors (Lipinski definition) is 6. The number of nitrogens with one attached hydrogen (secondary N) is 1. The molecule has 0 heterocycles. The average Bonchev–Trinajstić information content (AvgIpc) is 2.62. The highest BCUT2D eigenvalue weighted by atomic mass is 35.5. The van der Waals surface area contributed by atoms with Crippen LogP contribution in [-0.2, 0) is 9.53 Å². The molecular weight excluding hydrogens is 376 g/mol. The molecule has 2 aromatic carbocycles. The number of hydrogen-bond donors (Lipinski definition) is 1. The molecule has 0 unspecified atom stereocenters. The largest absolute Gasteiger partial charge is 0.487 e. The molecule has 0 saturated heterocycles. The van der Waals surface area contributed by atoms with Gasteiger partial charge < -0.3 is 14.8 Å². The van der Waals surface area contributed by atoms with Gasteiger partial charge >= 0.3 is 11.7 Å². The first-order valence-corrected chi connectivity index (χ1v) is 8.34. The summed E-state index contributed by atoms with van der Waals surface area (Å²) in [6.45, 7) is 3.22. The molecule has 0 spiro atoms. The Kier molecular flexibility index (Phi) is 6.73. The van der Waals surface area contributed by atoms with Crippen molar-refractivity contribution in [3.63, 3.8) is 0 Å². The number of ether oxygens (including phenoxy) is 2. The van der Waals surface area contributed by atoms with Gasteiger partial charge in [-0.3, -0.25) is 14.9 Å². The summed E-state index contributed by atoms with van der Waals surface area (Å²) in [6, 6.07) is 8.77. The Morgan fingerprint density at radius 1 is 1.22 bits per heavy atom. The minimum Gasteiger partial charge on any atom is -0.487 e. The van der Waals surface area contributed by atoms with E-state index in [0.717, 1.165) is 11.6 Å². The number of nitrogens with zero attached hydrogens (tertiary/aromatic N) is 1. The molecule has 142 valence electrons. The molecule has 0 aliphatic rings. The summed E-state index contributed by atoms with van der Waals surface area (Å²) in [5.41, 5.74) is 0.898. The number of amides is 1. The second-order valence-electron chi connectivity index (χ2n) is 5.48. The van der Waals surface area contributed by atoms with E-state index in [1.807, 2.05) is 6.92 Å². The van der Waals surface area contributed by atoms with E-state index in [4.69, 9.17) is 21.1 Å². The lowest BCUT2D eigenvalue weighted by atomic mass is 10.2. The summed E-state index contributed by atoms with van der Waals surface area (Å²) in [5.74, 6) is -1.41. The van der Waals surface area contributed by atoms with Gasteiger partial charge in [0.1, 0.15) is 0 Å². The first-order valence-electron chi connectivity index (χ1n) is 7.96. The van der Waals surface area contributed by atoms with Gasteiger partial charge in [-0.15, -0.1) is 0 Å². The Labute approximate surface area is 160 Å². The number of nitro benzene ring substituents is 1. The fourth-order valence-electron chi connectivity index (χ4n) is 2.19. The topological polar surface area (TPSA) is 108 Å². The highest BCUT2D eigenvalue weighted by Crippen LogP contribution is 2.28. The number of halogens is 1. The van der Waals surface area contributed by atoms with Crippen LogP contribution in [-0.4, -0.2) is 30.0 Å². The summed E-state index contributed by atoms with van der Waals surface area (Å²) >= 11 is 6.02. The van der Waals surface area contributed by atoms with E-state index in [1.54, 1.807) is 25.1 Å². The van der Waals surface area contributed by atoms with E-state index in [-0.39, 0.29) is 23.6 Å². The van der Waals surface area contributed by atoms with Crippen LogP contribution in [0.2, 0.25) is 5.02 Å². The van der Waals surface area contributed by atoms with Crippen LogP contribution in [0.3, 0.4) is 0 Å².